The molecular weight excluding hydrogens is 236 g/mol. The third-order valence-corrected chi connectivity index (χ3v) is 4.33. The Kier molecular flexibility index (Phi) is 5.46. The Morgan fingerprint density at radius 2 is 2.21 bits per heavy atom. The molecule has 1 N–H and O–H groups in total. The fourth-order valence-electron chi connectivity index (χ4n) is 3.08. The predicted octanol–water partition coefficient (Wildman–Crippen LogP) is 3.54. The van der Waals surface area contributed by atoms with Crippen LogP contribution in [0.4, 0.5) is 0 Å². The Hall–Kier alpha value is -0.800. The number of hydrogen-bond donors (Lipinski definition) is 1. The average Bonchev–Trinajstić information content (AvgIpc) is 2.99. The van der Waals surface area contributed by atoms with Gasteiger partial charge in [0.2, 0.25) is 0 Å². The Balaban J connectivity index is 1.96. The first kappa shape index (κ1) is 14.6. The average molecular weight is 264 g/mol. The minimum atomic E-state index is 0.687. The van der Waals surface area contributed by atoms with Crippen LogP contribution in [0.15, 0.2) is 16.7 Å². The molecule has 0 spiro atoms. The molecule has 0 saturated carbocycles. The quantitative estimate of drug-likeness (QED) is 0.764. The largest absolute Gasteiger partial charge is 0.468 e. The van der Waals surface area contributed by atoms with Crippen molar-refractivity contribution in [1.29, 1.82) is 0 Å². The van der Waals surface area contributed by atoms with Crippen LogP contribution in [0.1, 0.15) is 57.8 Å². The third-order valence-electron chi connectivity index (χ3n) is 4.33. The molecule has 1 saturated heterocycles. The Labute approximate surface area is 117 Å². The van der Waals surface area contributed by atoms with Crippen molar-refractivity contribution in [2.24, 2.45) is 0 Å². The van der Waals surface area contributed by atoms with Gasteiger partial charge >= 0.3 is 0 Å². The summed E-state index contributed by atoms with van der Waals surface area (Å²) in [7, 11) is 0. The van der Waals surface area contributed by atoms with E-state index < -0.39 is 0 Å². The molecule has 2 unspecified atom stereocenters. The molecule has 108 valence electrons. The van der Waals surface area contributed by atoms with Gasteiger partial charge in [-0.1, -0.05) is 13.8 Å². The molecular formula is C16H28N2O. The predicted molar refractivity (Wildman–Crippen MR) is 79.0 cm³/mol. The Morgan fingerprint density at radius 1 is 1.37 bits per heavy atom. The van der Waals surface area contributed by atoms with E-state index in [9.17, 15) is 0 Å². The van der Waals surface area contributed by atoms with Crippen molar-refractivity contribution in [3.05, 3.63) is 23.7 Å². The standard InChI is InChI=1S/C16H28N2O/c1-4-9-17-11-14-8-10-19-16(14)12-18-13(3)6-7-15(18)5-2/h8,10,13,15,17H,4-7,9,11-12H2,1-3H3. The molecule has 19 heavy (non-hydrogen) atoms. The van der Waals surface area contributed by atoms with Crippen molar-refractivity contribution >= 4 is 0 Å². The lowest BCUT2D eigenvalue weighted by Crippen LogP contribution is -2.33. The van der Waals surface area contributed by atoms with Gasteiger partial charge in [0, 0.05) is 24.2 Å². The first-order chi connectivity index (χ1) is 9.26. The first-order valence-corrected chi connectivity index (χ1v) is 7.77. The maximum Gasteiger partial charge on any atom is 0.122 e. The van der Waals surface area contributed by atoms with E-state index in [2.05, 4.69) is 37.1 Å². The molecule has 3 nitrogen and oxygen atoms in total. The smallest absolute Gasteiger partial charge is 0.122 e. The molecule has 0 radical (unpaired) electrons. The van der Waals surface area contributed by atoms with Crippen molar-refractivity contribution in [3.63, 3.8) is 0 Å². The van der Waals surface area contributed by atoms with Gasteiger partial charge in [0.1, 0.15) is 5.76 Å². The van der Waals surface area contributed by atoms with Crippen molar-refractivity contribution in [3.8, 4) is 0 Å². The van der Waals surface area contributed by atoms with Crippen molar-refractivity contribution < 1.29 is 4.42 Å². The lowest BCUT2D eigenvalue weighted by atomic mass is 10.1. The van der Waals surface area contributed by atoms with Crippen molar-refractivity contribution in [1.82, 2.24) is 10.2 Å². The highest BCUT2D eigenvalue weighted by Gasteiger charge is 2.30. The van der Waals surface area contributed by atoms with Gasteiger partial charge in [-0.05, 0) is 45.2 Å². The molecule has 0 amide bonds. The molecule has 0 bridgehead atoms. The summed E-state index contributed by atoms with van der Waals surface area (Å²) in [5, 5.41) is 3.46. The highest BCUT2D eigenvalue weighted by atomic mass is 16.3. The van der Waals surface area contributed by atoms with Gasteiger partial charge in [-0.15, -0.1) is 0 Å². The highest BCUT2D eigenvalue weighted by molar-refractivity contribution is 5.17. The summed E-state index contributed by atoms with van der Waals surface area (Å²) < 4.78 is 5.72. The first-order valence-electron chi connectivity index (χ1n) is 7.77. The maximum absolute atomic E-state index is 5.72. The molecule has 2 rings (SSSR count). The molecule has 1 aromatic heterocycles. The SMILES string of the molecule is CCCNCc1ccoc1CN1C(C)CCC1CC. The van der Waals surface area contributed by atoms with Gasteiger partial charge in [-0.25, -0.2) is 0 Å². The van der Waals surface area contributed by atoms with Crippen molar-refractivity contribution in [2.45, 2.75) is 71.6 Å². The maximum atomic E-state index is 5.72. The third kappa shape index (κ3) is 3.61. The van der Waals surface area contributed by atoms with Gasteiger partial charge in [0.05, 0.1) is 12.8 Å². The number of likely N-dealkylation sites (tertiary alicyclic amines) is 1. The fraction of sp³-hybridized carbons (Fsp3) is 0.750. The minimum absolute atomic E-state index is 0.687. The van der Waals surface area contributed by atoms with E-state index in [0.29, 0.717) is 6.04 Å². The summed E-state index contributed by atoms with van der Waals surface area (Å²) in [5.41, 5.74) is 1.32. The topological polar surface area (TPSA) is 28.4 Å². The van der Waals surface area contributed by atoms with E-state index in [1.54, 1.807) is 0 Å². The van der Waals surface area contributed by atoms with Gasteiger partial charge in [0.25, 0.3) is 0 Å². The monoisotopic (exact) mass is 264 g/mol. The van der Waals surface area contributed by atoms with Crippen molar-refractivity contribution in [2.75, 3.05) is 6.54 Å². The van der Waals surface area contributed by atoms with Gasteiger partial charge in [-0.2, -0.15) is 0 Å². The summed E-state index contributed by atoms with van der Waals surface area (Å²) >= 11 is 0. The molecule has 1 aliphatic rings. The van der Waals surface area contributed by atoms with E-state index in [0.717, 1.165) is 31.4 Å². The normalized spacial score (nSPS) is 24.2. The Bertz CT molecular complexity index is 375. The molecule has 0 aliphatic carbocycles. The molecule has 0 aromatic carbocycles. The second-order valence-corrected chi connectivity index (χ2v) is 5.71. The van der Waals surface area contributed by atoms with E-state index >= 15 is 0 Å². The van der Waals surface area contributed by atoms with Crippen LogP contribution in [0, 0.1) is 0 Å². The van der Waals surface area contributed by atoms with E-state index in [-0.39, 0.29) is 0 Å². The summed E-state index contributed by atoms with van der Waals surface area (Å²) in [5.74, 6) is 1.15. The van der Waals surface area contributed by atoms with Crippen LogP contribution in [0.5, 0.6) is 0 Å². The van der Waals surface area contributed by atoms with Crippen LogP contribution in [-0.4, -0.2) is 23.5 Å². The molecule has 1 fully saturated rings. The fourth-order valence-corrected chi connectivity index (χ4v) is 3.08. The van der Waals surface area contributed by atoms with E-state index in [4.69, 9.17) is 4.42 Å². The van der Waals surface area contributed by atoms with Crippen LogP contribution >= 0.6 is 0 Å². The summed E-state index contributed by atoms with van der Waals surface area (Å²) in [6, 6.07) is 3.53. The van der Waals surface area contributed by atoms with Gasteiger partial charge < -0.3 is 9.73 Å². The van der Waals surface area contributed by atoms with Crippen LogP contribution in [0.3, 0.4) is 0 Å². The number of rotatable bonds is 7. The summed E-state index contributed by atoms with van der Waals surface area (Å²) in [6.45, 7) is 9.80. The molecule has 3 heteroatoms. The van der Waals surface area contributed by atoms with Gasteiger partial charge in [0.15, 0.2) is 0 Å². The zero-order valence-corrected chi connectivity index (χ0v) is 12.6. The molecule has 2 heterocycles. The number of hydrogen-bond acceptors (Lipinski definition) is 3. The Morgan fingerprint density at radius 3 is 2.95 bits per heavy atom. The van der Waals surface area contributed by atoms with E-state index in [1.807, 2.05) is 6.26 Å². The molecule has 1 aliphatic heterocycles. The number of nitrogens with one attached hydrogen (secondary N) is 1. The second kappa shape index (κ2) is 7.11. The number of furan rings is 1. The number of nitrogens with zero attached hydrogens (tertiary/aromatic N) is 1. The summed E-state index contributed by atoms with van der Waals surface area (Å²) in [6.07, 6.45) is 6.91. The van der Waals surface area contributed by atoms with Gasteiger partial charge in [-0.3, -0.25) is 4.90 Å². The highest BCUT2D eigenvalue weighted by Crippen LogP contribution is 2.28. The molecule has 2 atom stereocenters. The zero-order valence-electron chi connectivity index (χ0n) is 12.6. The minimum Gasteiger partial charge on any atom is -0.468 e. The van der Waals surface area contributed by atoms with Crippen LogP contribution in [-0.2, 0) is 13.1 Å². The van der Waals surface area contributed by atoms with Crippen LogP contribution in [0.25, 0.3) is 0 Å². The van der Waals surface area contributed by atoms with Crippen LogP contribution in [0.2, 0.25) is 0 Å². The second-order valence-electron chi connectivity index (χ2n) is 5.71. The lowest BCUT2D eigenvalue weighted by molar-refractivity contribution is 0.174. The molecule has 1 aromatic rings. The zero-order chi connectivity index (χ0) is 13.7. The lowest BCUT2D eigenvalue weighted by Gasteiger charge is -2.27. The van der Waals surface area contributed by atoms with Crippen LogP contribution < -0.4 is 5.32 Å². The van der Waals surface area contributed by atoms with E-state index in [1.165, 1.54) is 31.2 Å². The summed E-state index contributed by atoms with van der Waals surface area (Å²) in [4.78, 5) is 2.61.